The van der Waals surface area contributed by atoms with E-state index >= 15 is 0 Å². The molecule has 1 aliphatic heterocycles. The Kier molecular flexibility index (Phi) is 5.60. The van der Waals surface area contributed by atoms with E-state index in [4.69, 9.17) is 9.47 Å². The van der Waals surface area contributed by atoms with Gasteiger partial charge >= 0.3 is 0 Å². The van der Waals surface area contributed by atoms with Gasteiger partial charge in [-0.15, -0.1) is 0 Å². The highest BCUT2D eigenvalue weighted by atomic mass is 16.5. The molecule has 0 aliphatic carbocycles. The van der Waals surface area contributed by atoms with Crippen molar-refractivity contribution in [1.82, 2.24) is 5.32 Å². The van der Waals surface area contributed by atoms with E-state index < -0.39 is 6.10 Å². The van der Waals surface area contributed by atoms with E-state index in [9.17, 15) is 15.0 Å². The minimum atomic E-state index is -0.672. The highest BCUT2D eigenvalue weighted by molar-refractivity contribution is 5.95. The van der Waals surface area contributed by atoms with Gasteiger partial charge in [0.05, 0.1) is 11.8 Å². The molecule has 138 valence electrons. The van der Waals surface area contributed by atoms with Crippen LogP contribution in [0.1, 0.15) is 18.6 Å². The number of anilines is 1. The summed E-state index contributed by atoms with van der Waals surface area (Å²) in [6, 6.07) is 11.7. The van der Waals surface area contributed by atoms with Crippen molar-refractivity contribution in [2.75, 3.05) is 25.1 Å². The number of carbonyl (C=O) groups excluding carboxylic acids is 1. The second-order valence-electron chi connectivity index (χ2n) is 6.22. The van der Waals surface area contributed by atoms with Gasteiger partial charge in [0.25, 0.3) is 5.91 Å². The van der Waals surface area contributed by atoms with Gasteiger partial charge in [0.2, 0.25) is 0 Å². The lowest BCUT2D eigenvalue weighted by Crippen LogP contribution is -2.35. The molecule has 3 rings (SSSR count). The summed E-state index contributed by atoms with van der Waals surface area (Å²) in [6.45, 7) is 2.74. The van der Waals surface area contributed by atoms with E-state index in [1.165, 1.54) is 0 Å². The second kappa shape index (κ2) is 8.07. The highest BCUT2D eigenvalue weighted by Gasteiger charge is 2.16. The topological polar surface area (TPSA) is 100 Å². The van der Waals surface area contributed by atoms with Crippen LogP contribution in [0.3, 0.4) is 0 Å². The molecule has 1 aliphatic rings. The van der Waals surface area contributed by atoms with Gasteiger partial charge in [-0.3, -0.25) is 4.79 Å². The summed E-state index contributed by atoms with van der Waals surface area (Å²) in [6.07, 6.45) is -0.672. The molecule has 2 atom stereocenters. The van der Waals surface area contributed by atoms with Crippen LogP contribution < -0.4 is 20.1 Å². The van der Waals surface area contributed by atoms with Crippen LogP contribution >= 0.6 is 0 Å². The lowest BCUT2D eigenvalue weighted by atomic mass is 10.1. The number of phenolic OH excluding ortho intramolecular Hbond substituents is 1. The number of hydrogen-bond donors (Lipinski definition) is 4. The number of phenols is 1. The molecule has 2 aromatic rings. The Balaban J connectivity index is 1.46. The number of ether oxygens (including phenoxy) is 2. The number of aromatic hydroxyl groups is 1. The smallest absolute Gasteiger partial charge is 0.262 e. The van der Waals surface area contributed by atoms with E-state index in [1.807, 2.05) is 6.92 Å². The summed E-state index contributed by atoms with van der Waals surface area (Å²) in [5.74, 6) is 1.23. The summed E-state index contributed by atoms with van der Waals surface area (Å²) < 4.78 is 11.0. The van der Waals surface area contributed by atoms with Gasteiger partial charge in [0, 0.05) is 18.7 Å². The lowest BCUT2D eigenvalue weighted by molar-refractivity contribution is -0.118. The predicted octanol–water partition coefficient (Wildman–Crippen LogP) is 1.81. The number of hydrogen-bond acceptors (Lipinski definition) is 6. The normalized spacial score (nSPS) is 15.4. The SMILES string of the molecule is CC(COc1ccc2c(c1)NC(=O)CO2)NCC(O)c1ccc(O)cc1. The summed E-state index contributed by atoms with van der Waals surface area (Å²) >= 11 is 0. The van der Waals surface area contributed by atoms with Crippen LogP contribution in [-0.2, 0) is 4.79 Å². The predicted molar refractivity (Wildman–Crippen MR) is 96.6 cm³/mol. The fraction of sp³-hybridized carbons (Fsp3) is 0.316. The van der Waals surface area contributed by atoms with Gasteiger partial charge in [-0.05, 0) is 36.8 Å². The number of nitrogens with one attached hydrogen (secondary N) is 2. The number of benzene rings is 2. The quantitative estimate of drug-likeness (QED) is 0.602. The van der Waals surface area contributed by atoms with Gasteiger partial charge in [0.15, 0.2) is 6.61 Å². The van der Waals surface area contributed by atoms with Crippen molar-refractivity contribution in [3.63, 3.8) is 0 Å². The summed E-state index contributed by atoms with van der Waals surface area (Å²) in [4.78, 5) is 11.4. The number of fused-ring (bicyclic) bond motifs is 1. The minimum Gasteiger partial charge on any atom is -0.508 e. The number of rotatable bonds is 7. The molecule has 0 spiro atoms. The molecule has 7 nitrogen and oxygen atoms in total. The lowest BCUT2D eigenvalue weighted by Gasteiger charge is -2.20. The number of aliphatic hydroxyl groups excluding tert-OH is 1. The third kappa shape index (κ3) is 4.65. The zero-order valence-corrected chi connectivity index (χ0v) is 14.4. The van der Waals surface area contributed by atoms with Crippen LogP contribution in [0.5, 0.6) is 17.2 Å². The van der Waals surface area contributed by atoms with Gasteiger partial charge in [-0.1, -0.05) is 12.1 Å². The fourth-order valence-electron chi connectivity index (χ4n) is 2.56. The van der Waals surface area contributed by atoms with E-state index in [2.05, 4.69) is 10.6 Å². The second-order valence-corrected chi connectivity index (χ2v) is 6.22. The van der Waals surface area contributed by atoms with Crippen LogP contribution in [0.2, 0.25) is 0 Å². The molecule has 4 N–H and O–H groups in total. The molecule has 0 fully saturated rings. The van der Waals surface area contributed by atoms with E-state index in [0.717, 1.165) is 5.56 Å². The van der Waals surface area contributed by atoms with E-state index in [0.29, 0.717) is 30.3 Å². The van der Waals surface area contributed by atoms with Gasteiger partial charge in [0.1, 0.15) is 23.9 Å². The third-order valence-electron chi connectivity index (χ3n) is 4.02. The summed E-state index contributed by atoms with van der Waals surface area (Å²) in [7, 11) is 0. The van der Waals surface area contributed by atoms with Crippen molar-refractivity contribution in [3.8, 4) is 17.2 Å². The van der Waals surface area contributed by atoms with Crippen LogP contribution in [0.25, 0.3) is 0 Å². The molecule has 0 bridgehead atoms. The zero-order chi connectivity index (χ0) is 18.5. The van der Waals surface area contributed by atoms with Gasteiger partial charge in [-0.2, -0.15) is 0 Å². The number of aliphatic hydroxyl groups is 1. The molecule has 2 unspecified atom stereocenters. The molecule has 7 heteroatoms. The largest absolute Gasteiger partial charge is 0.508 e. The first-order chi connectivity index (χ1) is 12.5. The maximum Gasteiger partial charge on any atom is 0.262 e. The summed E-state index contributed by atoms with van der Waals surface area (Å²) in [5.41, 5.74) is 1.33. The molecule has 1 heterocycles. The monoisotopic (exact) mass is 358 g/mol. The number of carbonyl (C=O) groups is 1. The Hall–Kier alpha value is -2.77. The molecular weight excluding hydrogens is 336 g/mol. The maximum atomic E-state index is 11.4. The Morgan fingerprint density at radius 1 is 1.27 bits per heavy atom. The summed E-state index contributed by atoms with van der Waals surface area (Å²) in [5, 5.41) is 25.4. The highest BCUT2D eigenvalue weighted by Crippen LogP contribution is 2.31. The molecule has 0 saturated heterocycles. The molecule has 2 aromatic carbocycles. The minimum absolute atomic E-state index is 0.00337. The van der Waals surface area contributed by atoms with E-state index in [-0.39, 0.29) is 24.3 Å². The Bertz CT molecular complexity index is 763. The average molecular weight is 358 g/mol. The van der Waals surface area contributed by atoms with Gasteiger partial charge < -0.3 is 30.3 Å². The average Bonchev–Trinajstić information content (AvgIpc) is 2.64. The Morgan fingerprint density at radius 3 is 2.81 bits per heavy atom. The van der Waals surface area contributed by atoms with Crippen LogP contribution in [0.15, 0.2) is 42.5 Å². The molecular formula is C19H22N2O5. The van der Waals surface area contributed by atoms with Crippen molar-refractivity contribution in [3.05, 3.63) is 48.0 Å². The molecule has 1 amide bonds. The van der Waals surface area contributed by atoms with Crippen LogP contribution in [0.4, 0.5) is 5.69 Å². The van der Waals surface area contributed by atoms with Crippen LogP contribution in [0, 0.1) is 0 Å². The molecule has 0 saturated carbocycles. The first-order valence-corrected chi connectivity index (χ1v) is 8.41. The first-order valence-electron chi connectivity index (χ1n) is 8.41. The third-order valence-corrected chi connectivity index (χ3v) is 4.02. The Morgan fingerprint density at radius 2 is 2.04 bits per heavy atom. The van der Waals surface area contributed by atoms with Crippen molar-refractivity contribution in [2.24, 2.45) is 0 Å². The van der Waals surface area contributed by atoms with Gasteiger partial charge in [-0.25, -0.2) is 0 Å². The first kappa shape index (κ1) is 18.0. The van der Waals surface area contributed by atoms with E-state index in [1.54, 1.807) is 42.5 Å². The van der Waals surface area contributed by atoms with Crippen molar-refractivity contribution in [2.45, 2.75) is 19.1 Å². The van der Waals surface area contributed by atoms with Crippen molar-refractivity contribution >= 4 is 11.6 Å². The Labute approximate surface area is 151 Å². The molecule has 0 radical (unpaired) electrons. The standard InChI is InChI=1S/C19H22N2O5/c1-12(20-9-17(23)13-2-4-14(22)5-3-13)10-25-15-6-7-18-16(8-15)21-19(24)11-26-18/h2-8,12,17,20,22-23H,9-11H2,1H3,(H,21,24). The zero-order valence-electron chi connectivity index (χ0n) is 14.4. The maximum absolute atomic E-state index is 11.4. The fourth-order valence-corrected chi connectivity index (χ4v) is 2.56. The van der Waals surface area contributed by atoms with Crippen molar-refractivity contribution < 1.29 is 24.5 Å². The molecule has 0 aromatic heterocycles. The van der Waals surface area contributed by atoms with Crippen molar-refractivity contribution in [1.29, 1.82) is 0 Å². The molecule has 26 heavy (non-hydrogen) atoms. The van der Waals surface area contributed by atoms with Crippen LogP contribution in [-0.4, -0.2) is 41.9 Å². The number of amides is 1.